The van der Waals surface area contributed by atoms with Crippen molar-refractivity contribution in [1.82, 2.24) is 10.6 Å². The minimum Gasteiger partial charge on any atom is -0.356 e. The molecule has 0 unspecified atom stereocenters. The standard InChI is InChI=1S/C10H18F3N3S/c1-3-7-17-8-6-16-9(14-2)15-5-4-10(11,12)13/h3H,1,4-8H2,2H3,(H2,14,15,16). The van der Waals surface area contributed by atoms with Gasteiger partial charge in [0.1, 0.15) is 0 Å². The van der Waals surface area contributed by atoms with E-state index in [0.29, 0.717) is 12.5 Å². The maximum atomic E-state index is 11.9. The van der Waals surface area contributed by atoms with Crippen molar-refractivity contribution in [1.29, 1.82) is 0 Å². The summed E-state index contributed by atoms with van der Waals surface area (Å²) in [5, 5.41) is 5.54. The summed E-state index contributed by atoms with van der Waals surface area (Å²) >= 11 is 1.69. The van der Waals surface area contributed by atoms with Gasteiger partial charge in [-0.05, 0) is 0 Å². The van der Waals surface area contributed by atoms with E-state index in [2.05, 4.69) is 22.2 Å². The highest BCUT2D eigenvalue weighted by Gasteiger charge is 2.26. The number of nitrogens with zero attached hydrogens (tertiary/aromatic N) is 1. The van der Waals surface area contributed by atoms with Gasteiger partial charge in [-0.15, -0.1) is 6.58 Å². The minimum absolute atomic E-state index is 0.164. The summed E-state index contributed by atoms with van der Waals surface area (Å²) in [5.74, 6) is 2.11. The summed E-state index contributed by atoms with van der Waals surface area (Å²) < 4.78 is 35.7. The first-order valence-electron chi connectivity index (χ1n) is 5.19. The lowest BCUT2D eigenvalue weighted by molar-refractivity contribution is -0.132. The number of aliphatic imine (C=N–C) groups is 1. The van der Waals surface area contributed by atoms with Gasteiger partial charge in [-0.2, -0.15) is 24.9 Å². The Balaban J connectivity index is 3.61. The van der Waals surface area contributed by atoms with Crippen LogP contribution in [0.15, 0.2) is 17.6 Å². The zero-order valence-electron chi connectivity index (χ0n) is 9.81. The van der Waals surface area contributed by atoms with Crippen LogP contribution in [0.2, 0.25) is 0 Å². The molecule has 7 heteroatoms. The van der Waals surface area contributed by atoms with Gasteiger partial charge in [0.15, 0.2) is 5.96 Å². The van der Waals surface area contributed by atoms with Gasteiger partial charge in [0.25, 0.3) is 0 Å². The number of alkyl halides is 3. The summed E-state index contributed by atoms with van der Waals surface area (Å²) in [6.45, 7) is 4.08. The van der Waals surface area contributed by atoms with E-state index in [1.165, 1.54) is 7.05 Å². The average Bonchev–Trinajstić information content (AvgIpc) is 2.25. The molecule has 17 heavy (non-hydrogen) atoms. The van der Waals surface area contributed by atoms with E-state index >= 15 is 0 Å². The Morgan fingerprint density at radius 3 is 2.53 bits per heavy atom. The van der Waals surface area contributed by atoms with E-state index in [1.807, 2.05) is 0 Å². The lowest BCUT2D eigenvalue weighted by atomic mass is 10.4. The van der Waals surface area contributed by atoms with Crippen LogP contribution < -0.4 is 10.6 Å². The Bertz CT molecular complexity index is 241. The predicted octanol–water partition coefficient (Wildman–Crippen LogP) is 2.02. The molecule has 100 valence electrons. The van der Waals surface area contributed by atoms with Gasteiger partial charge in [-0.3, -0.25) is 4.99 Å². The van der Waals surface area contributed by atoms with E-state index in [0.717, 1.165) is 11.5 Å². The van der Waals surface area contributed by atoms with Gasteiger partial charge in [-0.1, -0.05) is 6.08 Å². The van der Waals surface area contributed by atoms with Gasteiger partial charge in [0.05, 0.1) is 6.42 Å². The molecule has 0 spiro atoms. The summed E-state index contributed by atoms with van der Waals surface area (Å²) in [6.07, 6.45) is -3.19. The van der Waals surface area contributed by atoms with Crippen LogP contribution in [-0.4, -0.2) is 43.8 Å². The molecule has 0 aliphatic rings. The number of rotatable bonds is 7. The fraction of sp³-hybridized carbons (Fsp3) is 0.700. The van der Waals surface area contributed by atoms with Gasteiger partial charge >= 0.3 is 6.18 Å². The van der Waals surface area contributed by atoms with E-state index in [1.54, 1.807) is 17.8 Å². The maximum Gasteiger partial charge on any atom is 0.390 e. The summed E-state index contributed by atoms with van der Waals surface area (Å²) in [5.41, 5.74) is 0. The van der Waals surface area contributed by atoms with E-state index in [4.69, 9.17) is 0 Å². The van der Waals surface area contributed by atoms with Crippen molar-refractivity contribution in [3.8, 4) is 0 Å². The summed E-state index contributed by atoms with van der Waals surface area (Å²) in [7, 11) is 1.53. The molecular weight excluding hydrogens is 251 g/mol. The number of thioether (sulfide) groups is 1. The number of hydrogen-bond acceptors (Lipinski definition) is 2. The van der Waals surface area contributed by atoms with Gasteiger partial charge < -0.3 is 10.6 Å². The first-order valence-corrected chi connectivity index (χ1v) is 6.35. The van der Waals surface area contributed by atoms with Crippen LogP contribution in [0.4, 0.5) is 13.2 Å². The molecule has 0 atom stereocenters. The first-order chi connectivity index (χ1) is 7.99. The smallest absolute Gasteiger partial charge is 0.356 e. The van der Waals surface area contributed by atoms with Crippen molar-refractivity contribution in [2.45, 2.75) is 12.6 Å². The Kier molecular flexibility index (Phi) is 8.75. The lowest BCUT2D eigenvalue weighted by Crippen LogP contribution is -2.39. The van der Waals surface area contributed by atoms with E-state index in [-0.39, 0.29) is 6.54 Å². The van der Waals surface area contributed by atoms with Crippen LogP contribution in [0.3, 0.4) is 0 Å². The van der Waals surface area contributed by atoms with Crippen molar-refractivity contribution in [2.24, 2.45) is 4.99 Å². The van der Waals surface area contributed by atoms with Gasteiger partial charge in [-0.25, -0.2) is 0 Å². The van der Waals surface area contributed by atoms with E-state index in [9.17, 15) is 13.2 Å². The highest BCUT2D eigenvalue weighted by atomic mass is 32.2. The molecule has 0 aromatic heterocycles. The largest absolute Gasteiger partial charge is 0.390 e. The molecule has 0 bridgehead atoms. The second-order valence-electron chi connectivity index (χ2n) is 3.15. The highest BCUT2D eigenvalue weighted by Crippen LogP contribution is 2.17. The van der Waals surface area contributed by atoms with Crippen molar-refractivity contribution >= 4 is 17.7 Å². The lowest BCUT2D eigenvalue weighted by Gasteiger charge is -2.12. The second kappa shape index (κ2) is 9.21. The third-order valence-electron chi connectivity index (χ3n) is 1.70. The minimum atomic E-state index is -4.13. The van der Waals surface area contributed by atoms with Crippen LogP contribution in [0.1, 0.15) is 6.42 Å². The van der Waals surface area contributed by atoms with Crippen molar-refractivity contribution in [2.75, 3.05) is 31.6 Å². The molecule has 3 nitrogen and oxygen atoms in total. The van der Waals surface area contributed by atoms with Gasteiger partial charge in [0.2, 0.25) is 0 Å². The molecular formula is C10H18F3N3S. The Hall–Kier alpha value is -0.850. The van der Waals surface area contributed by atoms with Crippen LogP contribution in [0, 0.1) is 0 Å². The number of guanidine groups is 1. The molecule has 0 radical (unpaired) electrons. The van der Waals surface area contributed by atoms with Crippen LogP contribution in [-0.2, 0) is 0 Å². The van der Waals surface area contributed by atoms with Crippen LogP contribution >= 0.6 is 11.8 Å². The molecule has 0 saturated heterocycles. The highest BCUT2D eigenvalue weighted by molar-refractivity contribution is 7.99. The molecule has 0 fully saturated rings. The summed E-state index contributed by atoms with van der Waals surface area (Å²) in [6, 6.07) is 0. The molecule has 0 heterocycles. The molecule has 0 aliphatic heterocycles. The third-order valence-corrected chi connectivity index (χ3v) is 2.66. The predicted molar refractivity (Wildman–Crippen MR) is 67.6 cm³/mol. The summed E-state index contributed by atoms with van der Waals surface area (Å²) in [4.78, 5) is 3.82. The first kappa shape index (κ1) is 16.1. The molecule has 0 saturated carbocycles. The zero-order chi connectivity index (χ0) is 13.1. The normalized spacial score (nSPS) is 12.4. The number of halogens is 3. The Morgan fingerprint density at radius 2 is 2.00 bits per heavy atom. The van der Waals surface area contributed by atoms with E-state index < -0.39 is 12.6 Å². The molecule has 0 rings (SSSR count). The SMILES string of the molecule is C=CCSCCNC(=NC)NCCC(F)(F)F. The van der Waals surface area contributed by atoms with Crippen molar-refractivity contribution in [3.63, 3.8) is 0 Å². The number of hydrogen-bond donors (Lipinski definition) is 2. The molecule has 2 N–H and O–H groups in total. The maximum absolute atomic E-state index is 11.9. The van der Waals surface area contributed by atoms with Crippen LogP contribution in [0.25, 0.3) is 0 Å². The zero-order valence-corrected chi connectivity index (χ0v) is 10.6. The molecule has 0 amide bonds. The van der Waals surface area contributed by atoms with Crippen LogP contribution in [0.5, 0.6) is 0 Å². The molecule has 0 aromatic rings. The topological polar surface area (TPSA) is 36.4 Å². The Morgan fingerprint density at radius 1 is 1.35 bits per heavy atom. The molecule has 0 aromatic carbocycles. The Labute approximate surface area is 104 Å². The molecule has 0 aliphatic carbocycles. The monoisotopic (exact) mass is 269 g/mol. The average molecular weight is 269 g/mol. The second-order valence-corrected chi connectivity index (χ2v) is 4.30. The number of nitrogens with one attached hydrogen (secondary N) is 2. The van der Waals surface area contributed by atoms with Crippen molar-refractivity contribution < 1.29 is 13.2 Å². The fourth-order valence-electron chi connectivity index (χ4n) is 0.952. The third kappa shape index (κ3) is 11.4. The van der Waals surface area contributed by atoms with Crippen molar-refractivity contribution in [3.05, 3.63) is 12.7 Å². The quantitative estimate of drug-likeness (QED) is 0.321. The fourth-order valence-corrected chi connectivity index (χ4v) is 1.53. The van der Waals surface area contributed by atoms with Gasteiger partial charge in [0, 0.05) is 31.6 Å².